The summed E-state index contributed by atoms with van der Waals surface area (Å²) in [5.74, 6) is -0.201. The van der Waals surface area contributed by atoms with Gasteiger partial charge in [0.15, 0.2) is 0 Å². The van der Waals surface area contributed by atoms with E-state index in [2.05, 4.69) is 20.5 Å². The van der Waals surface area contributed by atoms with E-state index >= 15 is 0 Å². The van der Waals surface area contributed by atoms with Gasteiger partial charge in [0.2, 0.25) is 5.91 Å². The molecule has 1 saturated heterocycles. The van der Waals surface area contributed by atoms with E-state index in [1.807, 2.05) is 0 Å². The molecule has 21 heavy (non-hydrogen) atoms. The molecule has 1 atom stereocenters. The van der Waals surface area contributed by atoms with Crippen molar-refractivity contribution < 1.29 is 14.4 Å². The summed E-state index contributed by atoms with van der Waals surface area (Å²) < 4.78 is 0. The van der Waals surface area contributed by atoms with Crippen molar-refractivity contribution in [3.05, 3.63) is 12.2 Å². The number of nitrogens with zero attached hydrogens (tertiary/aromatic N) is 4. The van der Waals surface area contributed by atoms with Gasteiger partial charge in [-0.05, 0) is 13.3 Å². The van der Waals surface area contributed by atoms with Crippen molar-refractivity contribution in [3.8, 4) is 0 Å². The predicted molar refractivity (Wildman–Crippen MR) is 71.8 cm³/mol. The fourth-order valence-electron chi connectivity index (χ4n) is 2.01. The van der Waals surface area contributed by atoms with Crippen LogP contribution in [0.15, 0.2) is 6.33 Å². The molecule has 2 rings (SSSR count). The lowest BCUT2D eigenvalue weighted by atomic mass is 9.99. The largest absolute Gasteiger partial charge is 0.337 e. The second kappa shape index (κ2) is 5.51. The number of imide groups is 1. The van der Waals surface area contributed by atoms with Crippen LogP contribution in [0.3, 0.4) is 0 Å². The number of hydrogen-bond donors (Lipinski definition) is 2. The van der Waals surface area contributed by atoms with E-state index in [1.54, 1.807) is 20.9 Å². The smallest absolute Gasteiger partial charge is 0.325 e. The summed E-state index contributed by atoms with van der Waals surface area (Å²) in [6.45, 7) is 3.40. The summed E-state index contributed by atoms with van der Waals surface area (Å²) in [6.07, 6.45) is 1.81. The molecule has 1 aromatic rings. The highest BCUT2D eigenvalue weighted by Crippen LogP contribution is 2.20. The summed E-state index contributed by atoms with van der Waals surface area (Å²) in [6, 6.07) is -0.536. The average molecular weight is 294 g/mol. The second-order valence-corrected chi connectivity index (χ2v) is 5.19. The molecule has 0 aliphatic carbocycles. The quantitative estimate of drug-likeness (QED) is 0.710. The highest BCUT2D eigenvalue weighted by Gasteiger charge is 2.47. The number of likely N-dealkylation sites (N-methyl/N-ethyl adjacent to an activating group) is 1. The number of amides is 4. The van der Waals surface area contributed by atoms with Gasteiger partial charge in [0.05, 0.1) is 6.54 Å². The normalized spacial score (nSPS) is 21.6. The van der Waals surface area contributed by atoms with Crippen LogP contribution in [0.2, 0.25) is 0 Å². The standard InChI is InChI=1S/C12H18N6O3/c1-4-12(2)10(20)18(11(21)15-12)6-9(19)17(3)5-8-13-7-14-16-8/h7H,4-6H2,1-3H3,(H,15,21)(H,13,14,16). The lowest BCUT2D eigenvalue weighted by Crippen LogP contribution is -2.44. The zero-order chi connectivity index (χ0) is 15.6. The Morgan fingerprint density at radius 3 is 2.71 bits per heavy atom. The van der Waals surface area contributed by atoms with Crippen LogP contribution in [0.4, 0.5) is 4.79 Å². The van der Waals surface area contributed by atoms with Gasteiger partial charge in [-0.3, -0.25) is 19.6 Å². The van der Waals surface area contributed by atoms with Gasteiger partial charge < -0.3 is 10.2 Å². The summed E-state index contributed by atoms with van der Waals surface area (Å²) in [5, 5.41) is 8.94. The number of aromatic nitrogens is 3. The maximum atomic E-state index is 12.2. The molecule has 2 heterocycles. The van der Waals surface area contributed by atoms with E-state index in [1.165, 1.54) is 11.2 Å². The van der Waals surface area contributed by atoms with Crippen LogP contribution in [0.1, 0.15) is 26.1 Å². The summed E-state index contributed by atoms with van der Waals surface area (Å²) >= 11 is 0. The SMILES string of the molecule is CCC1(C)NC(=O)N(CC(=O)N(C)Cc2ncn[nH]2)C1=O. The molecule has 1 unspecified atom stereocenters. The molecule has 114 valence electrons. The van der Waals surface area contributed by atoms with Crippen molar-refractivity contribution in [3.63, 3.8) is 0 Å². The van der Waals surface area contributed by atoms with E-state index in [0.717, 1.165) is 4.90 Å². The number of H-pyrrole nitrogens is 1. The van der Waals surface area contributed by atoms with Crippen molar-refractivity contribution in [1.29, 1.82) is 0 Å². The molecule has 0 spiro atoms. The molecule has 0 bridgehead atoms. The minimum absolute atomic E-state index is 0.230. The zero-order valence-electron chi connectivity index (χ0n) is 12.2. The number of carbonyl (C=O) groups excluding carboxylic acids is 3. The van der Waals surface area contributed by atoms with Crippen LogP contribution in [-0.2, 0) is 16.1 Å². The minimum atomic E-state index is -0.930. The topological polar surface area (TPSA) is 111 Å². The first kappa shape index (κ1) is 14.9. The second-order valence-electron chi connectivity index (χ2n) is 5.19. The van der Waals surface area contributed by atoms with Gasteiger partial charge in [-0.1, -0.05) is 6.92 Å². The third kappa shape index (κ3) is 2.86. The highest BCUT2D eigenvalue weighted by molar-refractivity contribution is 6.08. The van der Waals surface area contributed by atoms with Gasteiger partial charge in [0.1, 0.15) is 24.2 Å². The Morgan fingerprint density at radius 1 is 1.48 bits per heavy atom. The van der Waals surface area contributed by atoms with Gasteiger partial charge in [0.25, 0.3) is 5.91 Å². The van der Waals surface area contributed by atoms with E-state index in [4.69, 9.17) is 0 Å². The third-order valence-corrected chi connectivity index (χ3v) is 3.62. The average Bonchev–Trinajstić information content (AvgIpc) is 3.02. The minimum Gasteiger partial charge on any atom is -0.337 e. The predicted octanol–water partition coefficient (Wildman–Crippen LogP) is -0.516. The maximum absolute atomic E-state index is 12.2. The molecule has 2 N–H and O–H groups in total. The summed E-state index contributed by atoms with van der Waals surface area (Å²) in [7, 11) is 1.57. The first-order valence-electron chi connectivity index (χ1n) is 6.59. The van der Waals surface area contributed by atoms with Crippen LogP contribution < -0.4 is 5.32 Å². The molecule has 1 fully saturated rings. The molecule has 4 amide bonds. The number of urea groups is 1. The number of rotatable bonds is 5. The lowest BCUT2D eigenvalue weighted by molar-refractivity contribution is -0.138. The molecule has 1 aliphatic heterocycles. The Hall–Kier alpha value is -2.45. The molecule has 9 heteroatoms. The third-order valence-electron chi connectivity index (χ3n) is 3.62. The number of nitrogens with one attached hydrogen (secondary N) is 2. The van der Waals surface area contributed by atoms with E-state index < -0.39 is 11.6 Å². The molecule has 0 saturated carbocycles. The van der Waals surface area contributed by atoms with Crippen LogP contribution in [0, 0.1) is 0 Å². The molecule has 0 aromatic carbocycles. The zero-order valence-corrected chi connectivity index (χ0v) is 12.2. The lowest BCUT2D eigenvalue weighted by Gasteiger charge is -2.21. The molecule has 1 aromatic heterocycles. The molecule has 1 aliphatic rings. The van der Waals surface area contributed by atoms with Crippen LogP contribution >= 0.6 is 0 Å². The summed E-state index contributed by atoms with van der Waals surface area (Å²) in [5.41, 5.74) is -0.930. The molecule has 9 nitrogen and oxygen atoms in total. The fraction of sp³-hybridized carbons (Fsp3) is 0.583. The van der Waals surface area contributed by atoms with Gasteiger partial charge in [-0.2, -0.15) is 5.10 Å². The monoisotopic (exact) mass is 294 g/mol. The Balaban J connectivity index is 1.99. The van der Waals surface area contributed by atoms with Gasteiger partial charge in [-0.25, -0.2) is 9.78 Å². The van der Waals surface area contributed by atoms with Crippen LogP contribution in [-0.4, -0.2) is 62.0 Å². The van der Waals surface area contributed by atoms with Crippen LogP contribution in [0.25, 0.3) is 0 Å². The van der Waals surface area contributed by atoms with Crippen LogP contribution in [0.5, 0.6) is 0 Å². The van der Waals surface area contributed by atoms with Crippen molar-refractivity contribution >= 4 is 17.8 Å². The Bertz CT molecular complexity index is 557. The fourth-order valence-corrected chi connectivity index (χ4v) is 2.01. The first-order chi connectivity index (χ1) is 9.87. The van der Waals surface area contributed by atoms with Gasteiger partial charge in [0, 0.05) is 7.05 Å². The van der Waals surface area contributed by atoms with Crippen molar-refractivity contribution in [2.75, 3.05) is 13.6 Å². The Kier molecular flexibility index (Phi) is 3.92. The van der Waals surface area contributed by atoms with Gasteiger partial charge >= 0.3 is 6.03 Å². The van der Waals surface area contributed by atoms with E-state index in [0.29, 0.717) is 12.2 Å². The van der Waals surface area contributed by atoms with Crippen molar-refractivity contribution in [2.24, 2.45) is 0 Å². The van der Waals surface area contributed by atoms with Crippen molar-refractivity contribution in [1.82, 2.24) is 30.3 Å². The Labute approximate surface area is 121 Å². The van der Waals surface area contributed by atoms with E-state index in [9.17, 15) is 14.4 Å². The maximum Gasteiger partial charge on any atom is 0.325 e. The van der Waals surface area contributed by atoms with Crippen molar-refractivity contribution in [2.45, 2.75) is 32.4 Å². The number of aromatic amines is 1. The molecular formula is C12H18N6O3. The highest BCUT2D eigenvalue weighted by atomic mass is 16.2. The molecular weight excluding hydrogens is 276 g/mol. The number of hydrogen-bond acceptors (Lipinski definition) is 5. The van der Waals surface area contributed by atoms with Gasteiger partial charge in [-0.15, -0.1) is 0 Å². The Morgan fingerprint density at radius 2 is 2.19 bits per heavy atom. The molecule has 0 radical (unpaired) electrons. The first-order valence-corrected chi connectivity index (χ1v) is 6.59. The summed E-state index contributed by atoms with van der Waals surface area (Å²) in [4.78, 5) is 42.4. The van der Waals surface area contributed by atoms with E-state index in [-0.39, 0.29) is 24.9 Å². The number of carbonyl (C=O) groups is 3.